The SMILES string of the molecule is COCc1ccccc1-c1nc2c(s1)C(=O)CC(C)(C)C2. The number of fused-ring (bicyclic) bond motifs is 1. The van der Waals surface area contributed by atoms with Gasteiger partial charge < -0.3 is 4.74 Å². The van der Waals surface area contributed by atoms with E-state index >= 15 is 0 Å². The van der Waals surface area contributed by atoms with Crippen LogP contribution in [0.15, 0.2) is 24.3 Å². The van der Waals surface area contributed by atoms with Gasteiger partial charge in [0.2, 0.25) is 0 Å². The molecule has 0 fully saturated rings. The molecule has 110 valence electrons. The van der Waals surface area contributed by atoms with E-state index in [1.165, 1.54) is 11.3 Å². The van der Waals surface area contributed by atoms with Crippen LogP contribution in [0.1, 0.15) is 41.2 Å². The van der Waals surface area contributed by atoms with Gasteiger partial charge in [0.25, 0.3) is 0 Å². The molecule has 1 aliphatic carbocycles. The van der Waals surface area contributed by atoms with Crippen LogP contribution in [-0.4, -0.2) is 17.9 Å². The van der Waals surface area contributed by atoms with Crippen molar-refractivity contribution in [2.75, 3.05) is 7.11 Å². The van der Waals surface area contributed by atoms with Crippen molar-refractivity contribution in [2.24, 2.45) is 5.41 Å². The van der Waals surface area contributed by atoms with E-state index in [9.17, 15) is 4.79 Å². The largest absolute Gasteiger partial charge is 0.380 e. The molecular formula is C17H19NO2S. The minimum Gasteiger partial charge on any atom is -0.380 e. The van der Waals surface area contributed by atoms with Crippen molar-refractivity contribution in [3.63, 3.8) is 0 Å². The fourth-order valence-electron chi connectivity index (χ4n) is 2.85. The number of ether oxygens (including phenoxy) is 1. The predicted molar refractivity (Wildman–Crippen MR) is 84.7 cm³/mol. The number of ketones is 1. The fourth-order valence-corrected chi connectivity index (χ4v) is 3.93. The zero-order chi connectivity index (χ0) is 15.0. The number of hydrogen-bond donors (Lipinski definition) is 0. The highest BCUT2D eigenvalue weighted by atomic mass is 32.1. The van der Waals surface area contributed by atoms with Crippen molar-refractivity contribution in [3.05, 3.63) is 40.4 Å². The molecule has 0 saturated heterocycles. The first-order valence-corrected chi connectivity index (χ1v) is 7.92. The number of benzene rings is 1. The predicted octanol–water partition coefficient (Wildman–Crippen LogP) is 4.11. The van der Waals surface area contributed by atoms with E-state index in [1.807, 2.05) is 24.3 Å². The molecule has 0 saturated carbocycles. The minimum atomic E-state index is 0.0154. The lowest BCUT2D eigenvalue weighted by Crippen LogP contribution is -2.25. The molecule has 3 rings (SSSR count). The first-order chi connectivity index (χ1) is 10.00. The van der Waals surface area contributed by atoms with E-state index < -0.39 is 0 Å². The van der Waals surface area contributed by atoms with E-state index in [2.05, 4.69) is 13.8 Å². The molecular weight excluding hydrogens is 282 g/mol. The standard InChI is InChI=1S/C17H19NO2S/c1-17(2)8-13-15(14(19)9-17)21-16(18-13)12-7-5-4-6-11(12)10-20-3/h4-7H,8-10H2,1-3H3. The number of thiazole rings is 1. The molecule has 1 aromatic carbocycles. The van der Waals surface area contributed by atoms with Crippen LogP contribution in [0.4, 0.5) is 0 Å². The highest BCUT2D eigenvalue weighted by molar-refractivity contribution is 7.17. The third-order valence-electron chi connectivity index (χ3n) is 3.78. The first kappa shape index (κ1) is 14.4. The smallest absolute Gasteiger partial charge is 0.175 e. The van der Waals surface area contributed by atoms with E-state index in [-0.39, 0.29) is 11.2 Å². The van der Waals surface area contributed by atoms with Crippen LogP contribution in [-0.2, 0) is 17.8 Å². The maximum atomic E-state index is 12.3. The number of hydrogen-bond acceptors (Lipinski definition) is 4. The topological polar surface area (TPSA) is 39.2 Å². The highest BCUT2D eigenvalue weighted by Gasteiger charge is 2.34. The van der Waals surface area contributed by atoms with Crippen LogP contribution in [0.2, 0.25) is 0 Å². The van der Waals surface area contributed by atoms with Crippen LogP contribution in [0, 0.1) is 5.41 Å². The van der Waals surface area contributed by atoms with Gasteiger partial charge in [0.15, 0.2) is 5.78 Å². The number of methoxy groups -OCH3 is 1. The second kappa shape index (κ2) is 5.35. The molecule has 2 aromatic rings. The van der Waals surface area contributed by atoms with E-state index in [1.54, 1.807) is 7.11 Å². The van der Waals surface area contributed by atoms with Crippen molar-refractivity contribution in [1.82, 2.24) is 4.98 Å². The van der Waals surface area contributed by atoms with Gasteiger partial charge in [0.1, 0.15) is 5.01 Å². The lowest BCUT2D eigenvalue weighted by Gasteiger charge is -2.26. The summed E-state index contributed by atoms with van der Waals surface area (Å²) in [5, 5.41) is 0.929. The summed E-state index contributed by atoms with van der Waals surface area (Å²) in [6.45, 7) is 4.82. The van der Waals surface area contributed by atoms with Crippen LogP contribution in [0.5, 0.6) is 0 Å². The Bertz CT molecular complexity index is 688. The Morgan fingerprint density at radius 2 is 2.05 bits per heavy atom. The van der Waals surface area contributed by atoms with Crippen molar-refractivity contribution in [2.45, 2.75) is 33.3 Å². The molecule has 0 N–H and O–H groups in total. The summed E-state index contributed by atoms with van der Waals surface area (Å²) in [6, 6.07) is 8.10. The Labute approximate surface area is 129 Å². The van der Waals surface area contributed by atoms with Gasteiger partial charge in [-0.2, -0.15) is 0 Å². The van der Waals surface area contributed by atoms with Crippen molar-refractivity contribution in [3.8, 4) is 10.6 Å². The van der Waals surface area contributed by atoms with Gasteiger partial charge in [-0.1, -0.05) is 38.1 Å². The quantitative estimate of drug-likeness (QED) is 0.856. The average molecular weight is 301 g/mol. The zero-order valence-electron chi connectivity index (χ0n) is 12.6. The third-order valence-corrected chi connectivity index (χ3v) is 4.96. The average Bonchev–Trinajstić information content (AvgIpc) is 2.82. The van der Waals surface area contributed by atoms with Gasteiger partial charge in [-0.15, -0.1) is 11.3 Å². The zero-order valence-corrected chi connectivity index (χ0v) is 13.4. The Morgan fingerprint density at radius 1 is 1.29 bits per heavy atom. The molecule has 0 bridgehead atoms. The van der Waals surface area contributed by atoms with Gasteiger partial charge in [-0.25, -0.2) is 4.98 Å². The molecule has 0 radical (unpaired) electrons. The summed E-state index contributed by atoms with van der Waals surface area (Å²) >= 11 is 1.52. The summed E-state index contributed by atoms with van der Waals surface area (Å²) < 4.78 is 5.26. The molecule has 1 aliphatic rings. The minimum absolute atomic E-state index is 0.0154. The maximum Gasteiger partial charge on any atom is 0.175 e. The number of carbonyl (C=O) groups is 1. The van der Waals surface area contributed by atoms with E-state index in [0.717, 1.165) is 33.1 Å². The number of nitrogens with zero attached hydrogens (tertiary/aromatic N) is 1. The number of rotatable bonds is 3. The number of Topliss-reactive ketones (excluding diaryl/α,β-unsaturated/α-hetero) is 1. The van der Waals surface area contributed by atoms with Gasteiger partial charge in [-0.05, 0) is 17.4 Å². The number of carbonyl (C=O) groups excluding carboxylic acids is 1. The molecule has 0 spiro atoms. The second-order valence-electron chi connectivity index (χ2n) is 6.33. The molecule has 1 heterocycles. The van der Waals surface area contributed by atoms with Gasteiger partial charge >= 0.3 is 0 Å². The van der Waals surface area contributed by atoms with Crippen LogP contribution >= 0.6 is 11.3 Å². The Hall–Kier alpha value is -1.52. The van der Waals surface area contributed by atoms with Crippen LogP contribution in [0.3, 0.4) is 0 Å². The molecule has 0 aliphatic heterocycles. The lowest BCUT2D eigenvalue weighted by atomic mass is 9.78. The Balaban J connectivity index is 2.05. The number of aromatic nitrogens is 1. The Morgan fingerprint density at radius 3 is 2.81 bits per heavy atom. The monoisotopic (exact) mass is 301 g/mol. The summed E-state index contributed by atoms with van der Waals surface area (Å²) in [6.07, 6.45) is 1.48. The molecule has 21 heavy (non-hydrogen) atoms. The van der Waals surface area contributed by atoms with Gasteiger partial charge in [-0.3, -0.25) is 4.79 Å². The van der Waals surface area contributed by atoms with Crippen LogP contribution < -0.4 is 0 Å². The molecule has 3 nitrogen and oxygen atoms in total. The van der Waals surface area contributed by atoms with Gasteiger partial charge in [0, 0.05) is 19.1 Å². The van der Waals surface area contributed by atoms with Crippen molar-refractivity contribution in [1.29, 1.82) is 0 Å². The summed E-state index contributed by atoms with van der Waals surface area (Å²) in [5.74, 6) is 0.231. The van der Waals surface area contributed by atoms with E-state index in [4.69, 9.17) is 9.72 Å². The molecule has 0 amide bonds. The fraction of sp³-hybridized carbons (Fsp3) is 0.412. The highest BCUT2D eigenvalue weighted by Crippen LogP contribution is 2.40. The summed E-state index contributed by atoms with van der Waals surface area (Å²) in [4.78, 5) is 17.9. The van der Waals surface area contributed by atoms with E-state index in [0.29, 0.717) is 13.0 Å². The normalized spacial score (nSPS) is 16.8. The molecule has 4 heteroatoms. The summed E-state index contributed by atoms with van der Waals surface area (Å²) in [5.41, 5.74) is 3.16. The van der Waals surface area contributed by atoms with Crippen LogP contribution in [0.25, 0.3) is 10.6 Å². The maximum absolute atomic E-state index is 12.3. The third kappa shape index (κ3) is 2.78. The van der Waals surface area contributed by atoms with Gasteiger partial charge in [0.05, 0.1) is 17.2 Å². The first-order valence-electron chi connectivity index (χ1n) is 7.10. The Kier molecular flexibility index (Phi) is 3.68. The summed E-state index contributed by atoms with van der Waals surface area (Å²) in [7, 11) is 1.69. The van der Waals surface area contributed by atoms with Crippen molar-refractivity contribution < 1.29 is 9.53 Å². The molecule has 0 unspecified atom stereocenters. The second-order valence-corrected chi connectivity index (χ2v) is 7.33. The molecule has 0 atom stereocenters. The van der Waals surface area contributed by atoms with Crippen molar-refractivity contribution >= 4 is 17.1 Å². The lowest BCUT2D eigenvalue weighted by molar-refractivity contribution is 0.0916. The molecule has 1 aromatic heterocycles.